The van der Waals surface area contributed by atoms with Crippen LogP contribution < -0.4 is 18.9 Å². The van der Waals surface area contributed by atoms with Crippen molar-refractivity contribution in [1.82, 2.24) is 5.01 Å². The molecule has 0 radical (unpaired) electrons. The Morgan fingerprint density at radius 2 is 1.73 bits per heavy atom. The van der Waals surface area contributed by atoms with Gasteiger partial charge in [-0.2, -0.15) is 5.10 Å². The highest BCUT2D eigenvalue weighted by molar-refractivity contribution is 9.10. The van der Waals surface area contributed by atoms with Crippen molar-refractivity contribution in [2.45, 2.75) is 12.5 Å². The number of benzene rings is 3. The number of carbonyl (C=O) groups is 1. The number of ether oxygens (including phenoxy) is 4. The quantitative estimate of drug-likeness (QED) is 0.474. The maximum Gasteiger partial charge on any atom is 0.274 e. The summed E-state index contributed by atoms with van der Waals surface area (Å²) in [5.41, 5.74) is 3.12. The number of fused-ring (bicyclic) bond motifs is 1. The molecule has 33 heavy (non-hydrogen) atoms. The second-order valence-corrected chi connectivity index (χ2v) is 8.52. The monoisotopic (exact) mass is 508 g/mol. The van der Waals surface area contributed by atoms with E-state index in [0.717, 1.165) is 21.3 Å². The summed E-state index contributed by atoms with van der Waals surface area (Å²) in [6, 6.07) is 18.3. The van der Waals surface area contributed by atoms with E-state index in [9.17, 15) is 4.79 Å². The van der Waals surface area contributed by atoms with Crippen molar-refractivity contribution < 1.29 is 23.7 Å². The van der Waals surface area contributed by atoms with Gasteiger partial charge in [-0.1, -0.05) is 22.0 Å². The minimum Gasteiger partial charge on any atom is -0.493 e. The van der Waals surface area contributed by atoms with Gasteiger partial charge in [0.2, 0.25) is 6.79 Å². The molecular weight excluding hydrogens is 488 g/mol. The third-order valence-corrected chi connectivity index (χ3v) is 6.24. The van der Waals surface area contributed by atoms with E-state index in [1.165, 1.54) is 0 Å². The van der Waals surface area contributed by atoms with Gasteiger partial charge in [0.25, 0.3) is 5.91 Å². The number of amides is 1. The fourth-order valence-electron chi connectivity index (χ4n) is 3.99. The Morgan fingerprint density at radius 3 is 2.48 bits per heavy atom. The molecule has 1 amide bonds. The average molecular weight is 509 g/mol. The molecule has 0 bridgehead atoms. The second kappa shape index (κ2) is 8.78. The van der Waals surface area contributed by atoms with E-state index in [0.29, 0.717) is 35.0 Å². The summed E-state index contributed by atoms with van der Waals surface area (Å²) in [7, 11) is 3.19. The molecule has 8 heteroatoms. The number of rotatable bonds is 5. The first-order chi connectivity index (χ1) is 16.1. The summed E-state index contributed by atoms with van der Waals surface area (Å²) in [5, 5.41) is 6.31. The third-order valence-electron chi connectivity index (χ3n) is 5.71. The van der Waals surface area contributed by atoms with Crippen LogP contribution in [0.4, 0.5) is 0 Å². The Kier molecular flexibility index (Phi) is 5.68. The van der Waals surface area contributed by atoms with Crippen LogP contribution in [0.5, 0.6) is 23.0 Å². The van der Waals surface area contributed by atoms with Crippen molar-refractivity contribution in [2.75, 3.05) is 21.0 Å². The first kappa shape index (κ1) is 21.3. The molecule has 0 N–H and O–H groups in total. The van der Waals surface area contributed by atoms with Crippen molar-refractivity contribution in [3.63, 3.8) is 0 Å². The highest BCUT2D eigenvalue weighted by Crippen LogP contribution is 2.40. The lowest BCUT2D eigenvalue weighted by molar-refractivity contribution is 0.0711. The van der Waals surface area contributed by atoms with E-state index >= 15 is 0 Å². The van der Waals surface area contributed by atoms with Crippen molar-refractivity contribution in [2.24, 2.45) is 5.10 Å². The van der Waals surface area contributed by atoms with Crippen molar-refractivity contribution in [1.29, 1.82) is 0 Å². The number of hydrogen-bond donors (Lipinski definition) is 0. The minimum atomic E-state index is -0.293. The molecule has 1 unspecified atom stereocenters. The highest BCUT2D eigenvalue weighted by Gasteiger charge is 2.35. The van der Waals surface area contributed by atoms with Gasteiger partial charge < -0.3 is 18.9 Å². The normalized spacial score (nSPS) is 16.5. The van der Waals surface area contributed by atoms with E-state index in [4.69, 9.17) is 24.0 Å². The first-order valence-corrected chi connectivity index (χ1v) is 11.1. The van der Waals surface area contributed by atoms with Crippen LogP contribution in [0.15, 0.2) is 70.2 Å². The summed E-state index contributed by atoms with van der Waals surface area (Å²) in [4.78, 5) is 13.5. The van der Waals surface area contributed by atoms with Crippen LogP contribution in [-0.2, 0) is 0 Å². The molecule has 0 aliphatic carbocycles. The van der Waals surface area contributed by atoms with E-state index in [1.807, 2.05) is 48.5 Å². The molecule has 2 aliphatic heterocycles. The van der Waals surface area contributed by atoms with Gasteiger partial charge in [-0.3, -0.25) is 4.79 Å². The summed E-state index contributed by atoms with van der Waals surface area (Å²) >= 11 is 3.42. The molecule has 3 aromatic rings. The van der Waals surface area contributed by atoms with Gasteiger partial charge in [0, 0.05) is 22.0 Å². The average Bonchev–Trinajstić information content (AvgIpc) is 3.50. The lowest BCUT2D eigenvalue weighted by atomic mass is 9.97. The predicted molar refractivity (Wildman–Crippen MR) is 126 cm³/mol. The fourth-order valence-corrected chi connectivity index (χ4v) is 4.26. The zero-order valence-corrected chi connectivity index (χ0v) is 19.7. The number of carbonyl (C=O) groups excluding carboxylic acids is 1. The molecular formula is C25H21BrN2O5. The number of hydrazone groups is 1. The van der Waals surface area contributed by atoms with Crippen LogP contribution in [-0.4, -0.2) is 37.6 Å². The molecule has 0 saturated heterocycles. The molecule has 3 aromatic carbocycles. The van der Waals surface area contributed by atoms with E-state index in [1.54, 1.807) is 31.4 Å². The lowest BCUT2D eigenvalue weighted by Crippen LogP contribution is -2.27. The molecule has 1 atom stereocenters. The topological polar surface area (TPSA) is 69.6 Å². The van der Waals surface area contributed by atoms with Crippen LogP contribution >= 0.6 is 15.9 Å². The Labute approximate surface area is 199 Å². The largest absolute Gasteiger partial charge is 0.493 e. The van der Waals surface area contributed by atoms with Crippen molar-refractivity contribution >= 4 is 27.5 Å². The molecule has 0 spiro atoms. The van der Waals surface area contributed by atoms with Gasteiger partial charge in [0.05, 0.1) is 26.0 Å². The maximum atomic E-state index is 13.5. The zero-order chi connectivity index (χ0) is 22.9. The Balaban J connectivity index is 1.54. The summed E-state index contributed by atoms with van der Waals surface area (Å²) in [6.07, 6.45) is 0.539. The maximum absolute atomic E-state index is 13.5. The molecule has 7 nitrogen and oxygen atoms in total. The van der Waals surface area contributed by atoms with E-state index in [2.05, 4.69) is 15.9 Å². The van der Waals surface area contributed by atoms with Crippen LogP contribution in [0.3, 0.4) is 0 Å². The van der Waals surface area contributed by atoms with Crippen LogP contribution in [0.1, 0.15) is 33.9 Å². The summed E-state index contributed by atoms with van der Waals surface area (Å²) in [5.74, 6) is 2.43. The lowest BCUT2D eigenvalue weighted by Gasteiger charge is -2.22. The molecule has 0 aromatic heterocycles. The van der Waals surface area contributed by atoms with Gasteiger partial charge in [-0.25, -0.2) is 5.01 Å². The molecule has 2 heterocycles. The summed E-state index contributed by atoms with van der Waals surface area (Å²) < 4.78 is 22.7. The number of hydrogen-bond acceptors (Lipinski definition) is 6. The molecule has 0 saturated carbocycles. The van der Waals surface area contributed by atoms with Crippen molar-refractivity contribution in [3.05, 3.63) is 81.8 Å². The van der Waals surface area contributed by atoms with Crippen LogP contribution in [0.25, 0.3) is 0 Å². The van der Waals surface area contributed by atoms with Crippen LogP contribution in [0, 0.1) is 0 Å². The van der Waals surface area contributed by atoms with Gasteiger partial charge in [-0.05, 0) is 60.2 Å². The Hall–Kier alpha value is -3.52. The van der Waals surface area contributed by atoms with Gasteiger partial charge in [0.15, 0.2) is 23.0 Å². The van der Waals surface area contributed by atoms with Gasteiger partial charge >= 0.3 is 0 Å². The van der Waals surface area contributed by atoms with E-state index in [-0.39, 0.29) is 18.7 Å². The number of halogens is 1. The molecule has 0 fully saturated rings. The third kappa shape index (κ3) is 4.02. The number of methoxy groups -OCH3 is 2. The van der Waals surface area contributed by atoms with Gasteiger partial charge in [0.1, 0.15) is 0 Å². The number of nitrogens with zero attached hydrogens (tertiary/aromatic N) is 2. The van der Waals surface area contributed by atoms with Crippen molar-refractivity contribution in [3.8, 4) is 23.0 Å². The van der Waals surface area contributed by atoms with E-state index < -0.39 is 0 Å². The van der Waals surface area contributed by atoms with Crippen LogP contribution in [0.2, 0.25) is 0 Å². The predicted octanol–water partition coefficient (Wildman–Crippen LogP) is 5.19. The SMILES string of the molecule is COc1ccc(C2=NN(C(=O)c3ccc(Br)cc3)C(c3ccc4c(c3)OCO4)C2)cc1OC. The first-order valence-electron chi connectivity index (χ1n) is 10.4. The minimum absolute atomic E-state index is 0.180. The summed E-state index contributed by atoms with van der Waals surface area (Å²) in [6.45, 7) is 0.193. The standard InChI is InChI=1S/C25H21BrN2O5/c1-30-21-9-5-16(11-23(21)31-2)19-13-20(17-6-10-22-24(12-17)33-14-32-22)28(27-19)25(29)15-3-7-18(26)8-4-15/h3-12,20H,13-14H2,1-2H3. The molecule has 2 aliphatic rings. The van der Waals surface area contributed by atoms with Gasteiger partial charge in [-0.15, -0.1) is 0 Å². The molecule has 168 valence electrons. The zero-order valence-electron chi connectivity index (χ0n) is 18.1. The highest BCUT2D eigenvalue weighted by atomic mass is 79.9. The fraction of sp³-hybridized carbons (Fsp3) is 0.200. The second-order valence-electron chi connectivity index (χ2n) is 7.61. The Morgan fingerprint density at radius 1 is 0.970 bits per heavy atom. The Bertz CT molecular complexity index is 1240. The molecule has 5 rings (SSSR count). The smallest absolute Gasteiger partial charge is 0.274 e.